The van der Waals surface area contributed by atoms with Gasteiger partial charge in [-0.3, -0.25) is 4.68 Å². The lowest BCUT2D eigenvalue weighted by Crippen LogP contribution is -2.32. The van der Waals surface area contributed by atoms with Crippen LogP contribution in [0.3, 0.4) is 0 Å². The van der Waals surface area contributed by atoms with Crippen molar-refractivity contribution in [2.24, 2.45) is 17.8 Å². The highest BCUT2D eigenvalue weighted by atomic mass is 79.9. The van der Waals surface area contributed by atoms with E-state index in [0.29, 0.717) is 19.0 Å². The highest BCUT2D eigenvalue weighted by molar-refractivity contribution is 9.10. The normalized spacial score (nSPS) is 11.6. The number of aromatic nitrogens is 2. The van der Waals surface area contributed by atoms with Crippen LogP contribution in [0.1, 0.15) is 12.6 Å². The number of nitrogens with one attached hydrogen (secondary N) is 1. The Morgan fingerprint density at radius 1 is 1.75 bits per heavy atom. The summed E-state index contributed by atoms with van der Waals surface area (Å²) in [5.41, 5.74) is 7.55. The quantitative estimate of drug-likeness (QED) is 0.496. The Labute approximate surface area is 104 Å². The Morgan fingerprint density at radius 3 is 2.94 bits per heavy atom. The fourth-order valence-electron chi connectivity index (χ4n) is 1.07. The number of nitrogens with two attached hydrogens (primary N) is 1. The molecular formula is C10H16BrN5. The maximum absolute atomic E-state index is 5.67. The number of hydrogen-bond donors (Lipinski definition) is 2. The summed E-state index contributed by atoms with van der Waals surface area (Å²) in [4.78, 5) is 4.18. The van der Waals surface area contributed by atoms with Crippen molar-refractivity contribution >= 4 is 21.9 Å². The van der Waals surface area contributed by atoms with Crippen LogP contribution in [0.4, 0.5) is 0 Å². The zero-order valence-corrected chi connectivity index (χ0v) is 11.1. The molecule has 0 aromatic carbocycles. The SMILES string of the molecule is C=C(C)CNC(N)=NCc1nn(C)cc1Br. The van der Waals surface area contributed by atoms with Crippen molar-refractivity contribution in [3.8, 4) is 0 Å². The van der Waals surface area contributed by atoms with E-state index >= 15 is 0 Å². The highest BCUT2D eigenvalue weighted by Gasteiger charge is 2.03. The van der Waals surface area contributed by atoms with Gasteiger partial charge in [0.15, 0.2) is 5.96 Å². The second-order valence-electron chi connectivity index (χ2n) is 3.61. The lowest BCUT2D eigenvalue weighted by Gasteiger charge is -2.03. The first-order valence-electron chi connectivity index (χ1n) is 4.85. The van der Waals surface area contributed by atoms with Crippen molar-refractivity contribution in [2.45, 2.75) is 13.5 Å². The zero-order valence-electron chi connectivity index (χ0n) is 9.50. The Hall–Kier alpha value is -1.30. The fraction of sp³-hybridized carbons (Fsp3) is 0.400. The number of aryl methyl sites for hydroxylation is 1. The van der Waals surface area contributed by atoms with Gasteiger partial charge < -0.3 is 11.1 Å². The predicted molar refractivity (Wildman–Crippen MR) is 69.1 cm³/mol. The van der Waals surface area contributed by atoms with Crippen molar-refractivity contribution in [1.82, 2.24) is 15.1 Å². The van der Waals surface area contributed by atoms with Crippen LogP contribution in [0, 0.1) is 0 Å². The van der Waals surface area contributed by atoms with Crippen LogP contribution in [0.2, 0.25) is 0 Å². The molecule has 5 nitrogen and oxygen atoms in total. The summed E-state index contributed by atoms with van der Waals surface area (Å²) in [6.07, 6.45) is 1.88. The predicted octanol–water partition coefficient (Wildman–Crippen LogP) is 1.16. The van der Waals surface area contributed by atoms with Crippen molar-refractivity contribution in [3.05, 3.63) is 28.5 Å². The summed E-state index contributed by atoms with van der Waals surface area (Å²) in [6, 6.07) is 0. The van der Waals surface area contributed by atoms with E-state index in [-0.39, 0.29) is 0 Å². The molecule has 6 heteroatoms. The van der Waals surface area contributed by atoms with E-state index in [1.165, 1.54) is 0 Å². The van der Waals surface area contributed by atoms with E-state index in [0.717, 1.165) is 15.7 Å². The second kappa shape index (κ2) is 5.69. The molecule has 1 rings (SSSR count). The molecule has 0 saturated carbocycles. The van der Waals surface area contributed by atoms with E-state index in [4.69, 9.17) is 5.73 Å². The Morgan fingerprint density at radius 2 is 2.44 bits per heavy atom. The van der Waals surface area contributed by atoms with Crippen LogP contribution in [0.25, 0.3) is 0 Å². The van der Waals surface area contributed by atoms with Crippen LogP contribution in [-0.4, -0.2) is 22.3 Å². The van der Waals surface area contributed by atoms with Gasteiger partial charge in [-0.25, -0.2) is 4.99 Å². The lowest BCUT2D eigenvalue weighted by atomic mass is 10.3. The van der Waals surface area contributed by atoms with Crippen molar-refractivity contribution in [1.29, 1.82) is 0 Å². The molecule has 0 unspecified atom stereocenters. The average Bonchev–Trinajstić information content (AvgIpc) is 2.51. The molecule has 0 radical (unpaired) electrons. The summed E-state index contributed by atoms with van der Waals surface area (Å²) < 4.78 is 2.67. The summed E-state index contributed by atoms with van der Waals surface area (Å²) >= 11 is 3.40. The van der Waals surface area contributed by atoms with Gasteiger partial charge in [0.1, 0.15) is 0 Å². The molecule has 0 atom stereocenters. The van der Waals surface area contributed by atoms with Gasteiger partial charge in [0, 0.05) is 19.8 Å². The van der Waals surface area contributed by atoms with Gasteiger partial charge in [0.2, 0.25) is 0 Å². The molecule has 0 aliphatic rings. The first-order valence-corrected chi connectivity index (χ1v) is 5.64. The van der Waals surface area contributed by atoms with Crippen LogP contribution in [0.15, 0.2) is 27.8 Å². The monoisotopic (exact) mass is 285 g/mol. The van der Waals surface area contributed by atoms with Gasteiger partial charge in [0.25, 0.3) is 0 Å². The third-order valence-electron chi connectivity index (χ3n) is 1.82. The van der Waals surface area contributed by atoms with Crippen LogP contribution < -0.4 is 11.1 Å². The summed E-state index contributed by atoms with van der Waals surface area (Å²) in [5.74, 6) is 0.403. The summed E-state index contributed by atoms with van der Waals surface area (Å²) in [7, 11) is 1.86. The molecule has 1 heterocycles. The minimum absolute atomic E-state index is 0.403. The van der Waals surface area contributed by atoms with Gasteiger partial charge >= 0.3 is 0 Å². The third kappa shape index (κ3) is 4.06. The highest BCUT2D eigenvalue weighted by Crippen LogP contribution is 2.14. The molecule has 0 saturated heterocycles. The van der Waals surface area contributed by atoms with E-state index in [1.807, 2.05) is 20.2 Å². The largest absolute Gasteiger partial charge is 0.370 e. The topological polar surface area (TPSA) is 68.2 Å². The Bertz CT molecular complexity index is 407. The molecule has 0 spiro atoms. The molecule has 1 aromatic rings. The number of rotatable bonds is 4. The summed E-state index contributed by atoms with van der Waals surface area (Å²) in [6.45, 7) is 6.79. The van der Waals surface area contributed by atoms with E-state index in [2.05, 4.69) is 37.9 Å². The van der Waals surface area contributed by atoms with E-state index in [1.54, 1.807) is 4.68 Å². The van der Waals surface area contributed by atoms with E-state index in [9.17, 15) is 0 Å². The van der Waals surface area contributed by atoms with Crippen molar-refractivity contribution in [2.75, 3.05) is 6.54 Å². The molecule has 0 aliphatic carbocycles. The minimum atomic E-state index is 0.403. The first kappa shape index (κ1) is 12.8. The molecule has 0 amide bonds. The fourth-order valence-corrected chi connectivity index (χ4v) is 1.57. The molecular weight excluding hydrogens is 270 g/mol. The van der Waals surface area contributed by atoms with Crippen molar-refractivity contribution in [3.63, 3.8) is 0 Å². The van der Waals surface area contributed by atoms with Crippen LogP contribution in [0.5, 0.6) is 0 Å². The molecule has 3 N–H and O–H groups in total. The number of nitrogens with zero attached hydrogens (tertiary/aromatic N) is 3. The second-order valence-corrected chi connectivity index (χ2v) is 4.46. The molecule has 1 aromatic heterocycles. The number of hydrogen-bond acceptors (Lipinski definition) is 2. The minimum Gasteiger partial charge on any atom is -0.370 e. The van der Waals surface area contributed by atoms with Crippen LogP contribution >= 0.6 is 15.9 Å². The Balaban J connectivity index is 2.52. The van der Waals surface area contributed by atoms with Gasteiger partial charge in [-0.1, -0.05) is 12.2 Å². The molecule has 0 fully saturated rings. The summed E-state index contributed by atoms with van der Waals surface area (Å²) in [5, 5.41) is 7.20. The number of aliphatic imine (C=N–C) groups is 1. The standard InChI is InChI=1S/C10H16BrN5/c1-7(2)4-13-10(12)14-5-9-8(11)6-16(3)15-9/h6H,1,4-5H2,2-3H3,(H3,12,13,14). The average molecular weight is 286 g/mol. The number of halogens is 1. The lowest BCUT2D eigenvalue weighted by molar-refractivity contribution is 0.742. The Kier molecular flexibility index (Phi) is 4.54. The third-order valence-corrected chi connectivity index (χ3v) is 2.49. The van der Waals surface area contributed by atoms with Gasteiger partial charge in [-0.05, 0) is 22.9 Å². The van der Waals surface area contributed by atoms with Gasteiger partial charge in [-0.15, -0.1) is 0 Å². The first-order chi connectivity index (χ1) is 7.49. The molecule has 16 heavy (non-hydrogen) atoms. The number of guanidine groups is 1. The molecule has 0 aliphatic heterocycles. The van der Waals surface area contributed by atoms with E-state index < -0.39 is 0 Å². The molecule has 88 valence electrons. The maximum atomic E-state index is 5.67. The maximum Gasteiger partial charge on any atom is 0.189 e. The van der Waals surface area contributed by atoms with Gasteiger partial charge in [0.05, 0.1) is 16.7 Å². The molecule has 0 bridgehead atoms. The zero-order chi connectivity index (χ0) is 12.1. The van der Waals surface area contributed by atoms with Gasteiger partial charge in [-0.2, -0.15) is 5.10 Å². The van der Waals surface area contributed by atoms with Crippen molar-refractivity contribution < 1.29 is 0 Å². The smallest absolute Gasteiger partial charge is 0.189 e. The van der Waals surface area contributed by atoms with Crippen LogP contribution in [-0.2, 0) is 13.6 Å².